The van der Waals surface area contributed by atoms with Crippen molar-refractivity contribution in [2.75, 3.05) is 13.2 Å². The summed E-state index contributed by atoms with van der Waals surface area (Å²) in [4.78, 5) is 20.2. The van der Waals surface area contributed by atoms with E-state index < -0.39 is 0 Å². The van der Waals surface area contributed by atoms with Crippen LogP contribution >= 0.6 is 0 Å². The molecule has 0 aliphatic heterocycles. The van der Waals surface area contributed by atoms with Gasteiger partial charge in [0.05, 0.1) is 6.61 Å². The number of hydrogen-bond acceptors (Lipinski definition) is 3. The van der Waals surface area contributed by atoms with Gasteiger partial charge in [0.25, 0.3) is 5.91 Å². The Labute approximate surface area is 176 Å². The van der Waals surface area contributed by atoms with E-state index in [0.29, 0.717) is 17.9 Å². The standard InChI is InChI=1S/C25H25N3O2/c1-18-8-11-21(12-9-18)23-24(28-16-19(2)10-13-22(28)26-23)25(30)27(14-15-29)17-20-6-4-3-5-7-20/h3-13,16,29H,14-15,17H2,1-2H3. The second kappa shape index (κ2) is 8.51. The SMILES string of the molecule is Cc1ccc(-c2nc3ccc(C)cn3c2C(=O)N(CCO)Cc2ccccc2)cc1. The van der Waals surface area contributed by atoms with Crippen molar-refractivity contribution in [3.8, 4) is 11.3 Å². The quantitative estimate of drug-likeness (QED) is 0.527. The number of carbonyl (C=O) groups excluding carboxylic acids is 1. The molecule has 1 amide bonds. The van der Waals surface area contributed by atoms with Crippen LogP contribution in [0, 0.1) is 13.8 Å². The van der Waals surface area contributed by atoms with Crippen molar-refractivity contribution in [2.45, 2.75) is 20.4 Å². The van der Waals surface area contributed by atoms with Crippen molar-refractivity contribution >= 4 is 11.6 Å². The minimum absolute atomic E-state index is 0.103. The number of fused-ring (bicyclic) bond motifs is 1. The molecular formula is C25H25N3O2. The first-order valence-electron chi connectivity index (χ1n) is 10.1. The Bertz CT molecular complexity index is 1160. The van der Waals surface area contributed by atoms with Crippen LogP contribution in [0.4, 0.5) is 0 Å². The molecule has 0 fully saturated rings. The van der Waals surface area contributed by atoms with Crippen molar-refractivity contribution in [1.82, 2.24) is 14.3 Å². The maximum Gasteiger partial charge on any atom is 0.273 e. The summed E-state index contributed by atoms with van der Waals surface area (Å²) >= 11 is 0. The van der Waals surface area contributed by atoms with Crippen LogP contribution in [-0.2, 0) is 6.54 Å². The van der Waals surface area contributed by atoms with Crippen molar-refractivity contribution in [2.24, 2.45) is 0 Å². The van der Waals surface area contributed by atoms with Crippen LogP contribution in [0.15, 0.2) is 72.9 Å². The molecule has 0 bridgehead atoms. The van der Waals surface area contributed by atoms with Gasteiger partial charge in [0.15, 0.2) is 0 Å². The molecular weight excluding hydrogens is 374 g/mol. The molecule has 152 valence electrons. The van der Waals surface area contributed by atoms with Crippen LogP contribution in [0.25, 0.3) is 16.9 Å². The lowest BCUT2D eigenvalue weighted by molar-refractivity contribution is 0.0701. The number of pyridine rings is 1. The number of aromatic nitrogens is 2. The Morgan fingerprint density at radius 1 is 0.967 bits per heavy atom. The average molecular weight is 399 g/mol. The van der Waals surface area contributed by atoms with Gasteiger partial charge < -0.3 is 10.0 Å². The average Bonchev–Trinajstić information content (AvgIpc) is 3.12. The molecule has 5 heteroatoms. The van der Waals surface area contributed by atoms with Crippen LogP contribution in [0.3, 0.4) is 0 Å². The van der Waals surface area contributed by atoms with Gasteiger partial charge in [-0.15, -0.1) is 0 Å². The number of amides is 1. The fourth-order valence-corrected chi connectivity index (χ4v) is 3.59. The fraction of sp³-hybridized carbons (Fsp3) is 0.200. The molecule has 0 unspecified atom stereocenters. The number of aryl methyl sites for hydroxylation is 2. The molecule has 2 aromatic heterocycles. The zero-order chi connectivity index (χ0) is 21.1. The molecule has 5 nitrogen and oxygen atoms in total. The summed E-state index contributed by atoms with van der Waals surface area (Å²) in [5.74, 6) is -0.151. The van der Waals surface area contributed by atoms with Crippen molar-refractivity contribution in [3.05, 3.63) is 95.3 Å². The van der Waals surface area contributed by atoms with E-state index in [2.05, 4.69) is 0 Å². The number of benzene rings is 2. The second-order valence-electron chi connectivity index (χ2n) is 7.55. The highest BCUT2D eigenvalue weighted by Gasteiger charge is 2.25. The Morgan fingerprint density at radius 2 is 1.67 bits per heavy atom. The monoisotopic (exact) mass is 399 g/mol. The number of hydrogen-bond donors (Lipinski definition) is 1. The molecule has 4 rings (SSSR count). The molecule has 0 atom stereocenters. The maximum absolute atomic E-state index is 13.7. The summed E-state index contributed by atoms with van der Waals surface area (Å²) in [5, 5.41) is 9.62. The summed E-state index contributed by atoms with van der Waals surface area (Å²) in [6.45, 7) is 4.60. The summed E-state index contributed by atoms with van der Waals surface area (Å²) < 4.78 is 1.86. The number of aliphatic hydroxyl groups is 1. The highest BCUT2D eigenvalue weighted by Crippen LogP contribution is 2.27. The summed E-state index contributed by atoms with van der Waals surface area (Å²) in [6, 6.07) is 21.8. The zero-order valence-corrected chi connectivity index (χ0v) is 17.2. The first-order chi connectivity index (χ1) is 14.6. The van der Waals surface area contributed by atoms with Crippen molar-refractivity contribution < 1.29 is 9.90 Å². The molecule has 2 heterocycles. The number of nitrogens with zero attached hydrogens (tertiary/aromatic N) is 3. The highest BCUT2D eigenvalue weighted by molar-refractivity contribution is 5.99. The van der Waals surface area contributed by atoms with Crippen molar-refractivity contribution in [1.29, 1.82) is 0 Å². The number of carbonyl (C=O) groups is 1. The van der Waals surface area contributed by atoms with E-state index in [1.165, 1.54) is 0 Å². The largest absolute Gasteiger partial charge is 0.395 e. The number of aliphatic hydroxyl groups excluding tert-OH is 1. The van der Waals surface area contributed by atoms with Crippen LogP contribution in [0.1, 0.15) is 27.2 Å². The smallest absolute Gasteiger partial charge is 0.273 e. The predicted octanol–water partition coefficient (Wildman–Crippen LogP) is 4.25. The molecule has 4 aromatic rings. The maximum atomic E-state index is 13.7. The Balaban J connectivity index is 1.84. The Kier molecular flexibility index (Phi) is 5.63. The van der Waals surface area contributed by atoms with Crippen molar-refractivity contribution in [3.63, 3.8) is 0 Å². The van der Waals surface area contributed by atoms with Crippen LogP contribution in [-0.4, -0.2) is 38.4 Å². The van der Waals surface area contributed by atoms with E-state index in [9.17, 15) is 9.90 Å². The third-order valence-corrected chi connectivity index (χ3v) is 5.17. The third kappa shape index (κ3) is 3.98. The predicted molar refractivity (Wildman–Crippen MR) is 118 cm³/mol. The molecule has 1 N–H and O–H groups in total. The summed E-state index contributed by atoms with van der Waals surface area (Å²) in [6.07, 6.45) is 1.94. The van der Waals surface area contributed by atoms with Gasteiger partial charge in [0.2, 0.25) is 0 Å². The molecule has 0 aliphatic carbocycles. The summed E-state index contributed by atoms with van der Waals surface area (Å²) in [5.41, 5.74) is 6.00. The zero-order valence-electron chi connectivity index (χ0n) is 17.2. The minimum Gasteiger partial charge on any atom is -0.395 e. The van der Waals surface area contributed by atoms with Crippen LogP contribution in [0.5, 0.6) is 0 Å². The van der Waals surface area contributed by atoms with E-state index in [1.54, 1.807) is 4.90 Å². The van der Waals surface area contributed by atoms with E-state index in [4.69, 9.17) is 4.98 Å². The second-order valence-corrected chi connectivity index (χ2v) is 7.55. The Hall–Kier alpha value is -3.44. The molecule has 0 spiro atoms. The number of rotatable bonds is 6. The molecule has 0 radical (unpaired) electrons. The van der Waals surface area contributed by atoms with Gasteiger partial charge >= 0.3 is 0 Å². The van der Waals surface area contributed by atoms with E-state index in [-0.39, 0.29) is 19.1 Å². The lowest BCUT2D eigenvalue weighted by Crippen LogP contribution is -2.34. The minimum atomic E-state index is -0.151. The first kappa shape index (κ1) is 19.9. The van der Waals surface area contributed by atoms with Crippen LogP contribution < -0.4 is 0 Å². The lowest BCUT2D eigenvalue weighted by atomic mass is 10.1. The summed E-state index contributed by atoms with van der Waals surface area (Å²) in [7, 11) is 0. The molecule has 0 saturated carbocycles. The van der Waals surface area contributed by atoms with Crippen LogP contribution in [0.2, 0.25) is 0 Å². The molecule has 30 heavy (non-hydrogen) atoms. The van der Waals surface area contributed by atoms with Gasteiger partial charge in [0, 0.05) is 24.8 Å². The van der Waals surface area contributed by atoms with E-state index >= 15 is 0 Å². The third-order valence-electron chi connectivity index (χ3n) is 5.17. The normalized spacial score (nSPS) is 11.0. The van der Waals surface area contributed by atoms with E-state index in [0.717, 1.165) is 27.9 Å². The van der Waals surface area contributed by atoms with Gasteiger partial charge in [-0.05, 0) is 31.0 Å². The van der Waals surface area contributed by atoms with Gasteiger partial charge in [-0.3, -0.25) is 9.20 Å². The Morgan fingerprint density at radius 3 is 2.37 bits per heavy atom. The molecule has 0 saturated heterocycles. The number of imidazole rings is 1. The lowest BCUT2D eigenvalue weighted by Gasteiger charge is -2.22. The topological polar surface area (TPSA) is 57.8 Å². The van der Waals surface area contributed by atoms with E-state index in [1.807, 2.05) is 91.2 Å². The first-order valence-corrected chi connectivity index (χ1v) is 10.1. The molecule has 2 aromatic carbocycles. The van der Waals surface area contributed by atoms with Gasteiger partial charge in [-0.25, -0.2) is 4.98 Å². The fourth-order valence-electron chi connectivity index (χ4n) is 3.59. The van der Waals surface area contributed by atoms with Gasteiger partial charge in [0.1, 0.15) is 17.0 Å². The van der Waals surface area contributed by atoms with Gasteiger partial charge in [-0.1, -0.05) is 66.2 Å². The highest BCUT2D eigenvalue weighted by atomic mass is 16.3. The molecule has 0 aliphatic rings. The van der Waals surface area contributed by atoms with Gasteiger partial charge in [-0.2, -0.15) is 0 Å².